The number of pyridine rings is 2. The topological polar surface area (TPSA) is 124 Å². The van der Waals surface area contributed by atoms with Gasteiger partial charge in [0.05, 0.1) is 23.6 Å². The maximum Gasteiger partial charge on any atom is 0.281 e. The molecule has 2 atom stereocenters. The molecule has 10 heteroatoms. The average Bonchev–Trinajstić information content (AvgIpc) is 3.13. The van der Waals surface area contributed by atoms with Gasteiger partial charge in [-0.05, 0) is 66.5 Å². The fourth-order valence-electron chi connectivity index (χ4n) is 4.95. The van der Waals surface area contributed by atoms with Crippen molar-refractivity contribution in [3.05, 3.63) is 65.6 Å². The lowest BCUT2D eigenvalue weighted by atomic mass is 9.74. The highest BCUT2D eigenvalue weighted by Crippen LogP contribution is 2.52. The molecule has 0 bridgehead atoms. The van der Waals surface area contributed by atoms with Crippen LogP contribution in [0.2, 0.25) is 0 Å². The number of nitrogens with one attached hydrogen (secondary N) is 1. The Kier molecular flexibility index (Phi) is 7.97. The number of benzene rings is 1. The van der Waals surface area contributed by atoms with E-state index >= 15 is 0 Å². The van der Waals surface area contributed by atoms with Gasteiger partial charge in [-0.2, -0.15) is 8.42 Å². The summed E-state index contributed by atoms with van der Waals surface area (Å²) in [5.41, 5.74) is 7.02. The lowest BCUT2D eigenvalue weighted by molar-refractivity contribution is 0.0978. The van der Waals surface area contributed by atoms with E-state index in [1.165, 1.54) is 30.3 Å². The Morgan fingerprint density at radius 3 is 2.54 bits per heavy atom. The van der Waals surface area contributed by atoms with Crippen LogP contribution in [0.3, 0.4) is 0 Å². The molecule has 39 heavy (non-hydrogen) atoms. The lowest BCUT2D eigenvalue weighted by Gasteiger charge is -2.32. The third kappa shape index (κ3) is 6.21. The van der Waals surface area contributed by atoms with Crippen LogP contribution >= 0.6 is 0 Å². The van der Waals surface area contributed by atoms with Gasteiger partial charge in [-0.1, -0.05) is 40.7 Å². The zero-order valence-corrected chi connectivity index (χ0v) is 23.7. The summed E-state index contributed by atoms with van der Waals surface area (Å²) in [6.07, 6.45) is 1.71. The molecule has 0 aliphatic heterocycles. The van der Waals surface area contributed by atoms with Gasteiger partial charge in [-0.25, -0.2) is 14.1 Å². The number of hydrogen-bond donors (Lipinski definition) is 2. The Morgan fingerprint density at radius 2 is 1.90 bits per heavy atom. The summed E-state index contributed by atoms with van der Waals surface area (Å²) in [5, 5.41) is -0.356. The van der Waals surface area contributed by atoms with Gasteiger partial charge in [0.15, 0.2) is 5.03 Å². The molecule has 0 radical (unpaired) electrons. The highest BCUT2D eigenvalue weighted by atomic mass is 32.2. The molecule has 2 heterocycles. The smallest absolute Gasteiger partial charge is 0.281 e. The standard InChI is InChI=1S/C29H35FN4O4S/c1-17(2)16-38-21-14-19(13-20(30)15-21)24-12-10-22(27(32-24)23-11-9-18(3)29(23,4)5)28(35)34-39(36,37)26-8-6-7-25(31)33-26/h6-8,10,12-15,17-18,23H,9,11,16H2,1-5H3,(H2,31,33)(H,34,35). The van der Waals surface area contributed by atoms with E-state index < -0.39 is 21.7 Å². The quantitative estimate of drug-likeness (QED) is 0.374. The monoisotopic (exact) mass is 554 g/mol. The first-order valence-corrected chi connectivity index (χ1v) is 14.5. The van der Waals surface area contributed by atoms with Gasteiger partial charge in [0.2, 0.25) is 0 Å². The van der Waals surface area contributed by atoms with Crippen LogP contribution in [-0.2, 0) is 10.0 Å². The fourth-order valence-corrected chi connectivity index (χ4v) is 5.90. The summed E-state index contributed by atoms with van der Waals surface area (Å²) in [6.45, 7) is 10.9. The number of nitrogen functional groups attached to an aromatic ring is 1. The summed E-state index contributed by atoms with van der Waals surface area (Å²) in [7, 11) is -4.28. The Balaban J connectivity index is 1.77. The summed E-state index contributed by atoms with van der Waals surface area (Å²) in [6, 6.07) is 11.7. The molecule has 1 saturated carbocycles. The summed E-state index contributed by atoms with van der Waals surface area (Å²) < 4.78 is 48.3. The highest BCUT2D eigenvalue weighted by molar-refractivity contribution is 7.90. The van der Waals surface area contributed by atoms with Crippen LogP contribution in [0.5, 0.6) is 5.75 Å². The largest absolute Gasteiger partial charge is 0.493 e. The molecule has 2 aromatic heterocycles. The van der Waals surface area contributed by atoms with Gasteiger partial charge in [0.25, 0.3) is 15.9 Å². The van der Waals surface area contributed by atoms with Crippen LogP contribution in [0.4, 0.5) is 10.2 Å². The Hall–Kier alpha value is -3.53. The van der Waals surface area contributed by atoms with Crippen LogP contribution in [0.15, 0.2) is 53.6 Å². The van der Waals surface area contributed by atoms with E-state index in [0.717, 1.165) is 12.8 Å². The first-order chi connectivity index (χ1) is 18.3. The number of sulfonamides is 1. The van der Waals surface area contributed by atoms with Crippen LogP contribution < -0.4 is 15.2 Å². The number of carbonyl (C=O) groups excluding carboxylic acids is 1. The second kappa shape index (κ2) is 10.9. The number of hydrogen-bond acceptors (Lipinski definition) is 7. The van der Waals surface area contributed by atoms with Gasteiger partial charge >= 0.3 is 0 Å². The van der Waals surface area contributed by atoms with E-state index in [-0.39, 0.29) is 33.7 Å². The molecule has 1 amide bonds. The minimum atomic E-state index is -4.28. The number of rotatable bonds is 8. The Morgan fingerprint density at radius 1 is 1.15 bits per heavy atom. The zero-order valence-electron chi connectivity index (χ0n) is 22.9. The normalized spacial score (nSPS) is 18.7. The van der Waals surface area contributed by atoms with Crippen molar-refractivity contribution in [2.24, 2.45) is 17.3 Å². The third-order valence-electron chi connectivity index (χ3n) is 7.55. The number of amides is 1. The highest BCUT2D eigenvalue weighted by Gasteiger charge is 2.43. The molecule has 2 unspecified atom stereocenters. The van der Waals surface area contributed by atoms with Crippen molar-refractivity contribution in [2.45, 2.75) is 58.4 Å². The molecule has 1 aliphatic rings. The molecule has 0 saturated heterocycles. The van der Waals surface area contributed by atoms with Crippen molar-refractivity contribution >= 4 is 21.7 Å². The number of ether oxygens (including phenoxy) is 1. The fraction of sp³-hybridized carbons (Fsp3) is 0.414. The van der Waals surface area contributed by atoms with E-state index in [9.17, 15) is 17.6 Å². The molecule has 208 valence electrons. The van der Waals surface area contributed by atoms with Crippen molar-refractivity contribution in [1.82, 2.24) is 14.7 Å². The predicted octanol–water partition coefficient (Wildman–Crippen LogP) is 5.56. The first-order valence-electron chi connectivity index (χ1n) is 13.0. The van der Waals surface area contributed by atoms with E-state index in [0.29, 0.717) is 35.2 Å². The summed E-state index contributed by atoms with van der Waals surface area (Å²) in [5.74, 6) is -0.369. The molecule has 4 rings (SSSR count). The van der Waals surface area contributed by atoms with Crippen molar-refractivity contribution in [3.63, 3.8) is 0 Å². The molecule has 1 fully saturated rings. The number of carbonyl (C=O) groups is 1. The summed E-state index contributed by atoms with van der Waals surface area (Å²) in [4.78, 5) is 22.1. The van der Waals surface area contributed by atoms with Crippen molar-refractivity contribution in [2.75, 3.05) is 12.3 Å². The SMILES string of the molecule is CC(C)COc1cc(F)cc(-c2ccc(C(=O)NS(=O)(=O)c3cccc(N)n3)c(C3CCC(C)C3(C)C)n2)c1. The number of nitrogens with zero attached hydrogens (tertiary/aromatic N) is 2. The first kappa shape index (κ1) is 28.5. The van der Waals surface area contributed by atoms with Crippen molar-refractivity contribution < 1.29 is 22.3 Å². The number of halogens is 1. The van der Waals surface area contributed by atoms with Crippen LogP contribution in [-0.4, -0.2) is 30.9 Å². The van der Waals surface area contributed by atoms with Crippen molar-refractivity contribution in [1.29, 1.82) is 0 Å². The third-order valence-corrected chi connectivity index (χ3v) is 8.79. The molecule has 3 aromatic rings. The molecule has 8 nitrogen and oxygen atoms in total. The molecular formula is C29H35FN4O4S. The van der Waals surface area contributed by atoms with Gasteiger partial charge in [-0.15, -0.1) is 0 Å². The van der Waals surface area contributed by atoms with Gasteiger partial charge < -0.3 is 10.5 Å². The maximum absolute atomic E-state index is 14.5. The Bertz CT molecular complexity index is 1490. The van der Waals surface area contributed by atoms with Crippen molar-refractivity contribution in [3.8, 4) is 17.0 Å². The summed E-state index contributed by atoms with van der Waals surface area (Å²) >= 11 is 0. The second-order valence-corrected chi connectivity index (χ2v) is 12.8. The predicted molar refractivity (Wildman–Crippen MR) is 148 cm³/mol. The van der Waals surface area contributed by atoms with E-state index in [1.807, 2.05) is 13.8 Å². The number of anilines is 1. The molecule has 0 spiro atoms. The Labute approximate surface area is 229 Å². The van der Waals surface area contributed by atoms with Crippen LogP contribution in [0.25, 0.3) is 11.3 Å². The molecule has 3 N–H and O–H groups in total. The number of aromatic nitrogens is 2. The van der Waals surface area contributed by atoms with Gasteiger partial charge in [0.1, 0.15) is 17.4 Å². The lowest BCUT2D eigenvalue weighted by Crippen LogP contribution is -2.33. The van der Waals surface area contributed by atoms with E-state index in [1.54, 1.807) is 18.2 Å². The second-order valence-electron chi connectivity index (χ2n) is 11.2. The minimum Gasteiger partial charge on any atom is -0.493 e. The maximum atomic E-state index is 14.5. The van der Waals surface area contributed by atoms with Gasteiger partial charge in [-0.3, -0.25) is 9.78 Å². The van der Waals surface area contributed by atoms with Gasteiger partial charge in [0, 0.05) is 17.5 Å². The average molecular weight is 555 g/mol. The van der Waals surface area contributed by atoms with E-state index in [2.05, 4.69) is 30.5 Å². The van der Waals surface area contributed by atoms with E-state index in [4.69, 9.17) is 15.5 Å². The molecule has 1 aliphatic carbocycles. The molecular weight excluding hydrogens is 519 g/mol. The zero-order chi connectivity index (χ0) is 28.5. The van der Waals surface area contributed by atoms with Crippen LogP contribution in [0, 0.1) is 23.1 Å². The molecule has 1 aromatic carbocycles. The number of nitrogens with two attached hydrogens (primary N) is 1. The van der Waals surface area contributed by atoms with Crippen LogP contribution in [0.1, 0.15) is 69.4 Å². The minimum absolute atomic E-state index is 0.0190.